The van der Waals surface area contributed by atoms with E-state index in [0.717, 1.165) is 89.9 Å². The Hall–Kier alpha value is -2.44. The summed E-state index contributed by atoms with van der Waals surface area (Å²) >= 11 is 0. The first kappa shape index (κ1) is 65.6. The van der Waals surface area contributed by atoms with Gasteiger partial charge in [0.2, 0.25) is 5.91 Å². The van der Waals surface area contributed by atoms with Gasteiger partial charge in [0.15, 0.2) is 0 Å². The van der Waals surface area contributed by atoms with Crippen LogP contribution >= 0.6 is 0 Å². The lowest BCUT2D eigenvalue weighted by Gasteiger charge is -2.20. The van der Waals surface area contributed by atoms with E-state index in [-0.39, 0.29) is 18.5 Å². The van der Waals surface area contributed by atoms with Crippen molar-refractivity contribution in [2.75, 3.05) is 13.2 Å². The van der Waals surface area contributed by atoms with E-state index in [1.54, 1.807) is 6.08 Å². The van der Waals surface area contributed by atoms with Crippen LogP contribution < -0.4 is 5.32 Å². The number of amides is 1. The average Bonchev–Trinajstić information content (AvgIpc) is 3.34. The summed E-state index contributed by atoms with van der Waals surface area (Å²) in [5.74, 6) is -0.128. The number of rotatable bonds is 54. The fourth-order valence-electron chi connectivity index (χ4n) is 8.71. The number of aliphatic hydroxyl groups is 2. The van der Waals surface area contributed by atoms with Crippen LogP contribution in [0.4, 0.5) is 0 Å². The van der Waals surface area contributed by atoms with Crippen molar-refractivity contribution in [3.8, 4) is 0 Å². The Morgan fingerprint density at radius 3 is 1.24 bits per heavy atom. The average molecular weight is 953 g/mol. The molecule has 0 rings (SSSR count). The van der Waals surface area contributed by atoms with E-state index in [1.165, 1.54) is 180 Å². The maximum atomic E-state index is 12.5. The normalized spacial score (nSPS) is 13.1. The fourth-order valence-corrected chi connectivity index (χ4v) is 8.71. The van der Waals surface area contributed by atoms with Crippen molar-refractivity contribution in [1.29, 1.82) is 0 Å². The Morgan fingerprint density at radius 1 is 0.426 bits per heavy atom. The molecule has 0 aliphatic carbocycles. The highest BCUT2D eigenvalue weighted by molar-refractivity contribution is 5.76. The maximum absolute atomic E-state index is 12.5. The number of nitrogens with one attached hydrogen (secondary N) is 1. The lowest BCUT2D eigenvalue weighted by Crippen LogP contribution is -2.45. The summed E-state index contributed by atoms with van der Waals surface area (Å²) in [5.41, 5.74) is 0. The lowest BCUT2D eigenvalue weighted by molar-refractivity contribution is -0.143. The van der Waals surface area contributed by atoms with Crippen molar-refractivity contribution in [2.24, 2.45) is 0 Å². The standard InChI is InChI=1S/C62H113NO5/c1-3-5-7-9-11-13-15-17-19-20-21-22-23-24-27-30-34-38-42-46-50-54-60(65)59(58-64)63-61(66)55-51-47-43-39-35-31-28-25-29-33-37-41-45-49-53-57-68-62(67)56-52-48-44-40-36-32-26-18-16-14-12-10-8-6-4-2/h12,14,18,25-26,29,33,37,50,54,59-60,64-65H,3-11,13,15-17,19-24,27-28,30-32,34-36,38-49,51-53,55-58H2,1-2H3,(H,63,66)/b14-12-,26-18-,29-25-,37-33-,54-50+. The third-order valence-electron chi connectivity index (χ3n) is 13.3. The molecule has 396 valence electrons. The van der Waals surface area contributed by atoms with Crippen molar-refractivity contribution in [2.45, 2.75) is 309 Å². The summed E-state index contributed by atoms with van der Waals surface area (Å²) in [6, 6.07) is -0.647. The smallest absolute Gasteiger partial charge is 0.305 e. The zero-order valence-electron chi connectivity index (χ0n) is 45.1. The number of allylic oxidation sites excluding steroid dienone is 9. The molecule has 0 heterocycles. The van der Waals surface area contributed by atoms with Crippen molar-refractivity contribution in [3.05, 3.63) is 60.8 Å². The Labute approximate surface area is 422 Å². The summed E-state index contributed by atoms with van der Waals surface area (Å²) in [4.78, 5) is 24.5. The maximum Gasteiger partial charge on any atom is 0.305 e. The van der Waals surface area contributed by atoms with Crippen LogP contribution in [0.25, 0.3) is 0 Å². The minimum Gasteiger partial charge on any atom is -0.466 e. The van der Waals surface area contributed by atoms with Crippen LogP contribution in [0.1, 0.15) is 296 Å². The molecule has 1 amide bonds. The quantitative estimate of drug-likeness (QED) is 0.0244. The van der Waals surface area contributed by atoms with Gasteiger partial charge in [0.25, 0.3) is 0 Å². The third kappa shape index (κ3) is 52.9. The van der Waals surface area contributed by atoms with Crippen LogP contribution in [0.2, 0.25) is 0 Å². The first-order chi connectivity index (χ1) is 33.5. The van der Waals surface area contributed by atoms with E-state index >= 15 is 0 Å². The summed E-state index contributed by atoms with van der Waals surface area (Å²) in [6.45, 7) is 4.82. The van der Waals surface area contributed by atoms with Crippen LogP contribution in [0.5, 0.6) is 0 Å². The number of unbranched alkanes of at least 4 members (excludes halogenated alkanes) is 36. The van der Waals surface area contributed by atoms with E-state index < -0.39 is 12.1 Å². The molecule has 0 saturated heterocycles. The predicted molar refractivity (Wildman–Crippen MR) is 296 cm³/mol. The van der Waals surface area contributed by atoms with E-state index in [1.807, 2.05) is 6.08 Å². The van der Waals surface area contributed by atoms with Crippen LogP contribution in [0, 0.1) is 0 Å². The minimum atomic E-state index is -0.862. The summed E-state index contributed by atoms with van der Waals surface area (Å²) in [6.07, 6.45) is 73.8. The predicted octanol–water partition coefficient (Wildman–Crippen LogP) is 18.4. The Balaban J connectivity index is 3.57. The van der Waals surface area contributed by atoms with Gasteiger partial charge in [-0.15, -0.1) is 0 Å². The molecule has 6 heteroatoms. The highest BCUT2D eigenvalue weighted by atomic mass is 16.5. The molecule has 0 aromatic heterocycles. The van der Waals surface area contributed by atoms with Gasteiger partial charge >= 0.3 is 5.97 Å². The Kier molecular flexibility index (Phi) is 55.1. The molecule has 6 nitrogen and oxygen atoms in total. The van der Waals surface area contributed by atoms with E-state index in [9.17, 15) is 19.8 Å². The molecule has 0 aromatic rings. The Morgan fingerprint density at radius 2 is 0.779 bits per heavy atom. The second kappa shape index (κ2) is 57.1. The summed E-state index contributed by atoms with van der Waals surface area (Å²) in [7, 11) is 0. The number of ether oxygens (including phenoxy) is 1. The molecule has 0 saturated carbocycles. The molecule has 0 fully saturated rings. The largest absolute Gasteiger partial charge is 0.466 e. The number of esters is 1. The fraction of sp³-hybridized carbons (Fsp3) is 0.806. The van der Waals surface area contributed by atoms with Gasteiger partial charge in [0.05, 0.1) is 25.4 Å². The highest BCUT2D eigenvalue weighted by Gasteiger charge is 2.18. The molecule has 68 heavy (non-hydrogen) atoms. The first-order valence-electron chi connectivity index (χ1n) is 29.6. The van der Waals surface area contributed by atoms with Gasteiger partial charge in [-0.2, -0.15) is 0 Å². The number of hydrogen-bond donors (Lipinski definition) is 3. The van der Waals surface area contributed by atoms with Crippen molar-refractivity contribution in [3.63, 3.8) is 0 Å². The highest BCUT2D eigenvalue weighted by Crippen LogP contribution is 2.16. The summed E-state index contributed by atoms with van der Waals surface area (Å²) < 4.78 is 5.44. The molecule has 0 aromatic carbocycles. The summed E-state index contributed by atoms with van der Waals surface area (Å²) in [5, 5.41) is 23.2. The van der Waals surface area contributed by atoms with Crippen molar-refractivity contribution in [1.82, 2.24) is 5.32 Å². The van der Waals surface area contributed by atoms with Crippen LogP contribution in [0.3, 0.4) is 0 Å². The second-order valence-corrected chi connectivity index (χ2v) is 20.0. The molecule has 0 aliphatic heterocycles. The molecule has 0 bridgehead atoms. The van der Waals surface area contributed by atoms with Crippen molar-refractivity contribution < 1.29 is 24.5 Å². The first-order valence-corrected chi connectivity index (χ1v) is 29.6. The van der Waals surface area contributed by atoms with Gasteiger partial charge in [-0.05, 0) is 96.3 Å². The van der Waals surface area contributed by atoms with Gasteiger partial charge in [0.1, 0.15) is 0 Å². The van der Waals surface area contributed by atoms with Crippen LogP contribution in [0.15, 0.2) is 60.8 Å². The third-order valence-corrected chi connectivity index (χ3v) is 13.3. The van der Waals surface area contributed by atoms with Gasteiger partial charge < -0.3 is 20.3 Å². The zero-order valence-corrected chi connectivity index (χ0v) is 45.1. The second-order valence-electron chi connectivity index (χ2n) is 20.0. The van der Waals surface area contributed by atoms with E-state index in [2.05, 4.69) is 67.8 Å². The molecule has 0 spiro atoms. The van der Waals surface area contributed by atoms with E-state index in [4.69, 9.17) is 4.74 Å². The lowest BCUT2D eigenvalue weighted by atomic mass is 10.0. The molecule has 2 unspecified atom stereocenters. The molecule has 0 radical (unpaired) electrons. The van der Waals surface area contributed by atoms with Crippen LogP contribution in [-0.2, 0) is 14.3 Å². The zero-order chi connectivity index (χ0) is 49.3. The number of carbonyl (C=O) groups is 2. The molecular weight excluding hydrogens is 839 g/mol. The molecular formula is C62H113NO5. The monoisotopic (exact) mass is 952 g/mol. The number of aliphatic hydroxyl groups excluding tert-OH is 2. The molecule has 2 atom stereocenters. The topological polar surface area (TPSA) is 95.9 Å². The van der Waals surface area contributed by atoms with Gasteiger partial charge in [-0.3, -0.25) is 9.59 Å². The van der Waals surface area contributed by atoms with Gasteiger partial charge in [-0.1, -0.05) is 248 Å². The molecule has 3 N–H and O–H groups in total. The van der Waals surface area contributed by atoms with Gasteiger partial charge in [-0.25, -0.2) is 0 Å². The van der Waals surface area contributed by atoms with Crippen LogP contribution in [-0.4, -0.2) is 47.4 Å². The SMILES string of the molecule is CCCCC/C=C\C/C=C\CCCCCCCC(=O)OCCCCC/C=C\C=C/CCCCCCCCC(=O)NC(CO)C(O)/C=C/CCCCCCCCCCCCCCCCCCCCC. The number of hydrogen-bond acceptors (Lipinski definition) is 5. The van der Waals surface area contributed by atoms with Crippen molar-refractivity contribution >= 4 is 11.9 Å². The Bertz CT molecular complexity index is 1190. The van der Waals surface area contributed by atoms with Gasteiger partial charge in [0, 0.05) is 12.8 Å². The minimum absolute atomic E-state index is 0.0373. The van der Waals surface area contributed by atoms with E-state index in [0.29, 0.717) is 19.4 Å². The number of carbonyl (C=O) groups excluding carboxylic acids is 2. The molecule has 0 aliphatic rings.